The molecule has 1 heterocycles. The van der Waals surface area contributed by atoms with Crippen LogP contribution >= 0.6 is 0 Å². The lowest BCUT2D eigenvalue weighted by Gasteiger charge is -2.15. The van der Waals surface area contributed by atoms with Crippen molar-refractivity contribution >= 4 is 0 Å². The molecule has 2 N–H and O–H groups in total. The Hall–Kier alpha value is -1.88. The van der Waals surface area contributed by atoms with Crippen LogP contribution in [0.4, 0.5) is 0 Å². The van der Waals surface area contributed by atoms with Gasteiger partial charge in [0, 0.05) is 18.7 Å². The number of benzene rings is 1. The van der Waals surface area contributed by atoms with Crippen LogP contribution in [0.5, 0.6) is 5.75 Å². The van der Waals surface area contributed by atoms with Crippen molar-refractivity contribution in [2.24, 2.45) is 7.05 Å². The molecule has 96 valence electrons. The fraction of sp³-hybridized carbons (Fsp3) is 0.385. The van der Waals surface area contributed by atoms with E-state index in [1.165, 1.54) is 0 Å². The molecule has 1 aromatic carbocycles. The van der Waals surface area contributed by atoms with Crippen LogP contribution in [0.3, 0.4) is 0 Å². The van der Waals surface area contributed by atoms with E-state index in [0.717, 1.165) is 17.0 Å². The van der Waals surface area contributed by atoms with Gasteiger partial charge in [0.05, 0.1) is 6.54 Å². The fourth-order valence-electron chi connectivity index (χ4n) is 1.84. The molecule has 2 rings (SSSR count). The first-order valence-electron chi connectivity index (χ1n) is 5.93. The first-order chi connectivity index (χ1) is 8.58. The van der Waals surface area contributed by atoms with E-state index >= 15 is 0 Å². The maximum absolute atomic E-state index is 9.90. The Morgan fingerprint density at radius 3 is 2.83 bits per heavy atom. The van der Waals surface area contributed by atoms with Crippen LogP contribution in [0.2, 0.25) is 0 Å². The topological polar surface area (TPSA) is 63.0 Å². The van der Waals surface area contributed by atoms with Gasteiger partial charge in [0.2, 0.25) is 0 Å². The van der Waals surface area contributed by atoms with Gasteiger partial charge in [-0.15, -0.1) is 10.2 Å². The minimum absolute atomic E-state index is 0.0577. The largest absolute Gasteiger partial charge is 0.508 e. The van der Waals surface area contributed by atoms with Crippen LogP contribution < -0.4 is 5.32 Å². The van der Waals surface area contributed by atoms with Gasteiger partial charge in [-0.05, 0) is 25.5 Å². The summed E-state index contributed by atoms with van der Waals surface area (Å²) in [4.78, 5) is 0. The Labute approximate surface area is 106 Å². The number of phenolic OH excluding ortho intramolecular Hbond substituents is 1. The number of phenols is 1. The normalized spacial score (nSPS) is 12.6. The minimum Gasteiger partial charge on any atom is -0.508 e. The van der Waals surface area contributed by atoms with Crippen LogP contribution in [-0.4, -0.2) is 19.9 Å². The predicted octanol–water partition coefficient (Wildman–Crippen LogP) is 1.68. The molecule has 0 aliphatic heterocycles. The van der Waals surface area contributed by atoms with E-state index in [-0.39, 0.29) is 6.04 Å². The van der Waals surface area contributed by atoms with E-state index in [1.807, 2.05) is 37.6 Å². The molecular weight excluding hydrogens is 228 g/mol. The lowest BCUT2D eigenvalue weighted by Crippen LogP contribution is -2.20. The average Bonchev–Trinajstić information content (AvgIpc) is 2.72. The SMILES string of the molecule is Cc1ccc(C(C)NCc2nncn2C)c(O)c1. The third-order valence-electron chi connectivity index (χ3n) is 3.02. The smallest absolute Gasteiger partial charge is 0.146 e. The summed E-state index contributed by atoms with van der Waals surface area (Å²) in [7, 11) is 1.91. The number of hydrogen-bond donors (Lipinski definition) is 2. The first kappa shape index (κ1) is 12.6. The molecule has 0 fully saturated rings. The number of nitrogens with zero attached hydrogens (tertiary/aromatic N) is 3. The number of rotatable bonds is 4. The second-order valence-corrected chi connectivity index (χ2v) is 4.52. The molecular formula is C13H18N4O. The lowest BCUT2D eigenvalue weighted by atomic mass is 10.1. The maximum Gasteiger partial charge on any atom is 0.146 e. The minimum atomic E-state index is 0.0577. The molecule has 0 saturated heterocycles. The summed E-state index contributed by atoms with van der Waals surface area (Å²) in [6.07, 6.45) is 1.67. The van der Waals surface area contributed by atoms with E-state index < -0.39 is 0 Å². The monoisotopic (exact) mass is 246 g/mol. The molecule has 1 aromatic heterocycles. The summed E-state index contributed by atoms with van der Waals surface area (Å²) in [6.45, 7) is 4.59. The highest BCUT2D eigenvalue weighted by Crippen LogP contribution is 2.24. The molecule has 2 aromatic rings. The second-order valence-electron chi connectivity index (χ2n) is 4.52. The molecule has 18 heavy (non-hydrogen) atoms. The predicted molar refractivity (Wildman–Crippen MR) is 69.1 cm³/mol. The Balaban J connectivity index is 2.03. The van der Waals surface area contributed by atoms with Crippen LogP contribution in [0.25, 0.3) is 0 Å². The molecule has 0 radical (unpaired) electrons. The van der Waals surface area contributed by atoms with Gasteiger partial charge < -0.3 is 15.0 Å². The highest BCUT2D eigenvalue weighted by atomic mass is 16.3. The van der Waals surface area contributed by atoms with E-state index in [0.29, 0.717) is 12.3 Å². The van der Waals surface area contributed by atoms with Crippen LogP contribution in [0.15, 0.2) is 24.5 Å². The van der Waals surface area contributed by atoms with Gasteiger partial charge in [-0.3, -0.25) is 0 Å². The molecule has 0 bridgehead atoms. The van der Waals surface area contributed by atoms with Gasteiger partial charge in [0.15, 0.2) is 0 Å². The lowest BCUT2D eigenvalue weighted by molar-refractivity contribution is 0.449. The van der Waals surface area contributed by atoms with E-state index in [4.69, 9.17) is 0 Å². The van der Waals surface area contributed by atoms with Crippen molar-refractivity contribution in [3.05, 3.63) is 41.5 Å². The zero-order chi connectivity index (χ0) is 13.1. The average molecular weight is 246 g/mol. The van der Waals surface area contributed by atoms with Gasteiger partial charge in [0.1, 0.15) is 17.9 Å². The van der Waals surface area contributed by atoms with E-state index in [2.05, 4.69) is 15.5 Å². The Morgan fingerprint density at radius 2 is 2.22 bits per heavy atom. The maximum atomic E-state index is 9.90. The van der Waals surface area contributed by atoms with E-state index in [9.17, 15) is 5.11 Å². The molecule has 1 unspecified atom stereocenters. The van der Waals surface area contributed by atoms with Crippen molar-refractivity contribution in [3.63, 3.8) is 0 Å². The molecule has 0 aliphatic rings. The zero-order valence-corrected chi connectivity index (χ0v) is 10.9. The summed E-state index contributed by atoms with van der Waals surface area (Å²) in [5.41, 5.74) is 1.94. The van der Waals surface area contributed by atoms with Crippen molar-refractivity contribution in [1.29, 1.82) is 0 Å². The van der Waals surface area contributed by atoms with Gasteiger partial charge in [-0.25, -0.2) is 0 Å². The highest BCUT2D eigenvalue weighted by molar-refractivity contribution is 5.37. The van der Waals surface area contributed by atoms with Gasteiger partial charge >= 0.3 is 0 Å². The van der Waals surface area contributed by atoms with Crippen LogP contribution in [0.1, 0.15) is 29.9 Å². The second kappa shape index (κ2) is 5.18. The van der Waals surface area contributed by atoms with Crippen molar-refractivity contribution in [2.45, 2.75) is 26.4 Å². The number of nitrogens with one attached hydrogen (secondary N) is 1. The molecule has 1 atom stereocenters. The Morgan fingerprint density at radius 1 is 1.44 bits per heavy atom. The first-order valence-corrected chi connectivity index (χ1v) is 5.93. The quantitative estimate of drug-likeness (QED) is 0.861. The molecule has 5 heteroatoms. The van der Waals surface area contributed by atoms with Crippen LogP contribution in [0, 0.1) is 6.92 Å². The summed E-state index contributed by atoms with van der Waals surface area (Å²) in [5, 5.41) is 21.1. The standard InChI is InChI=1S/C13H18N4O/c1-9-4-5-11(12(18)6-9)10(2)14-7-13-16-15-8-17(13)3/h4-6,8,10,14,18H,7H2,1-3H3. The molecule has 0 spiro atoms. The van der Waals surface area contributed by atoms with Crippen molar-refractivity contribution in [1.82, 2.24) is 20.1 Å². The van der Waals surface area contributed by atoms with Gasteiger partial charge in [-0.1, -0.05) is 12.1 Å². The number of aromatic nitrogens is 3. The zero-order valence-electron chi connectivity index (χ0n) is 10.9. The van der Waals surface area contributed by atoms with Crippen molar-refractivity contribution < 1.29 is 5.11 Å². The van der Waals surface area contributed by atoms with Gasteiger partial charge in [0.25, 0.3) is 0 Å². The van der Waals surface area contributed by atoms with Crippen molar-refractivity contribution in [2.75, 3.05) is 0 Å². The Bertz CT molecular complexity index is 536. The molecule has 0 amide bonds. The van der Waals surface area contributed by atoms with Crippen LogP contribution in [-0.2, 0) is 13.6 Å². The third-order valence-corrected chi connectivity index (χ3v) is 3.02. The summed E-state index contributed by atoms with van der Waals surface area (Å²) >= 11 is 0. The molecule has 0 saturated carbocycles. The summed E-state index contributed by atoms with van der Waals surface area (Å²) in [5.74, 6) is 1.20. The highest BCUT2D eigenvalue weighted by Gasteiger charge is 2.11. The molecule has 5 nitrogen and oxygen atoms in total. The summed E-state index contributed by atoms with van der Waals surface area (Å²) < 4.78 is 1.87. The van der Waals surface area contributed by atoms with Gasteiger partial charge in [-0.2, -0.15) is 0 Å². The Kier molecular flexibility index (Phi) is 3.62. The number of aromatic hydroxyl groups is 1. The third kappa shape index (κ3) is 2.68. The fourth-order valence-corrected chi connectivity index (χ4v) is 1.84. The number of hydrogen-bond acceptors (Lipinski definition) is 4. The van der Waals surface area contributed by atoms with E-state index in [1.54, 1.807) is 12.4 Å². The molecule has 0 aliphatic carbocycles. The van der Waals surface area contributed by atoms with Crippen molar-refractivity contribution in [3.8, 4) is 5.75 Å². The number of aryl methyl sites for hydroxylation is 2. The summed E-state index contributed by atoms with van der Waals surface area (Å²) in [6, 6.07) is 5.77.